The average molecular weight is 307 g/mol. The van der Waals surface area contributed by atoms with E-state index in [0.717, 1.165) is 42.8 Å². The van der Waals surface area contributed by atoms with Gasteiger partial charge in [-0.15, -0.1) is 11.3 Å². The number of aryl methyl sites for hydroxylation is 1. The summed E-state index contributed by atoms with van der Waals surface area (Å²) in [4.78, 5) is 11.4. The fourth-order valence-electron chi connectivity index (χ4n) is 2.38. The Bertz CT molecular complexity index is 608. The topological polar surface area (TPSA) is 56.3 Å². The Kier molecular flexibility index (Phi) is 4.55. The molecular weight excluding hydrogens is 286 g/mol. The van der Waals surface area contributed by atoms with Crippen molar-refractivity contribution in [2.75, 3.05) is 31.7 Å². The van der Waals surface area contributed by atoms with Crippen LogP contribution < -0.4 is 10.1 Å². The number of hydrogen-bond donors (Lipinski definition) is 1. The van der Waals surface area contributed by atoms with E-state index < -0.39 is 0 Å². The molecule has 1 saturated heterocycles. The monoisotopic (exact) mass is 307 g/mol. The Morgan fingerprint density at radius 2 is 2.33 bits per heavy atom. The predicted molar refractivity (Wildman–Crippen MR) is 85.4 cm³/mol. The van der Waals surface area contributed by atoms with Crippen LogP contribution in [0.15, 0.2) is 6.07 Å². The Morgan fingerprint density at radius 1 is 1.43 bits per heavy atom. The standard InChI is InChI=1S/C15H21N3O2S/c1-3-11-7-12-13(20-9-10-5-6-19-8-10)17-15(16-4-2)18-14(12)21-11/h7,10H,3-6,8-9H2,1-2H3,(H,16,17,18). The zero-order valence-corrected chi connectivity index (χ0v) is 13.3. The fraction of sp³-hybridized carbons (Fsp3) is 0.600. The summed E-state index contributed by atoms with van der Waals surface area (Å²) < 4.78 is 11.4. The SMILES string of the molecule is CCNc1nc(OCC2CCOC2)c2cc(CC)sc2n1. The summed E-state index contributed by atoms with van der Waals surface area (Å²) in [6.45, 7) is 7.28. The van der Waals surface area contributed by atoms with Crippen LogP contribution in [0.2, 0.25) is 0 Å². The second kappa shape index (κ2) is 6.58. The van der Waals surface area contributed by atoms with Crippen molar-refractivity contribution in [3.8, 4) is 5.88 Å². The quantitative estimate of drug-likeness (QED) is 0.888. The van der Waals surface area contributed by atoms with Gasteiger partial charge in [0.15, 0.2) is 0 Å². The maximum Gasteiger partial charge on any atom is 0.227 e. The highest BCUT2D eigenvalue weighted by Gasteiger charge is 2.18. The number of anilines is 1. The Morgan fingerprint density at radius 3 is 3.05 bits per heavy atom. The van der Waals surface area contributed by atoms with Crippen LogP contribution in [0.3, 0.4) is 0 Å². The van der Waals surface area contributed by atoms with Gasteiger partial charge in [0.25, 0.3) is 0 Å². The van der Waals surface area contributed by atoms with Crippen LogP contribution in [0.25, 0.3) is 10.2 Å². The van der Waals surface area contributed by atoms with Gasteiger partial charge >= 0.3 is 0 Å². The molecule has 114 valence electrons. The smallest absolute Gasteiger partial charge is 0.227 e. The van der Waals surface area contributed by atoms with Gasteiger partial charge in [-0.2, -0.15) is 4.98 Å². The van der Waals surface area contributed by atoms with Gasteiger partial charge in [0.1, 0.15) is 4.83 Å². The summed E-state index contributed by atoms with van der Waals surface area (Å²) in [5, 5.41) is 4.20. The van der Waals surface area contributed by atoms with Crippen LogP contribution >= 0.6 is 11.3 Å². The van der Waals surface area contributed by atoms with Crippen molar-refractivity contribution in [2.24, 2.45) is 5.92 Å². The molecule has 0 radical (unpaired) electrons. The Balaban J connectivity index is 1.87. The number of hydrogen-bond acceptors (Lipinski definition) is 6. The summed E-state index contributed by atoms with van der Waals surface area (Å²) in [5.74, 6) is 1.81. The summed E-state index contributed by atoms with van der Waals surface area (Å²) in [6.07, 6.45) is 2.08. The lowest BCUT2D eigenvalue weighted by Crippen LogP contribution is -2.13. The molecule has 1 atom stereocenters. The molecule has 0 aromatic carbocycles. The molecule has 2 aromatic rings. The highest BCUT2D eigenvalue weighted by Crippen LogP contribution is 2.32. The first kappa shape index (κ1) is 14.5. The van der Waals surface area contributed by atoms with Gasteiger partial charge in [-0.3, -0.25) is 0 Å². The molecule has 0 saturated carbocycles. The van der Waals surface area contributed by atoms with Crippen molar-refractivity contribution in [1.29, 1.82) is 0 Å². The van der Waals surface area contributed by atoms with Gasteiger partial charge in [0.05, 0.1) is 18.6 Å². The van der Waals surface area contributed by atoms with Gasteiger partial charge in [-0.25, -0.2) is 4.98 Å². The number of rotatable bonds is 6. The molecule has 5 nitrogen and oxygen atoms in total. The molecule has 0 bridgehead atoms. The van der Waals surface area contributed by atoms with E-state index in [0.29, 0.717) is 24.4 Å². The zero-order chi connectivity index (χ0) is 14.7. The first-order chi connectivity index (χ1) is 10.3. The molecule has 2 aromatic heterocycles. The molecular formula is C15H21N3O2S. The predicted octanol–water partition coefficient (Wildman–Crippen LogP) is 3.10. The van der Waals surface area contributed by atoms with Crippen molar-refractivity contribution in [3.05, 3.63) is 10.9 Å². The van der Waals surface area contributed by atoms with Crippen LogP contribution in [0.4, 0.5) is 5.95 Å². The molecule has 3 heterocycles. The van der Waals surface area contributed by atoms with Crippen LogP contribution in [0.1, 0.15) is 25.1 Å². The molecule has 0 amide bonds. The third-order valence-electron chi connectivity index (χ3n) is 3.57. The van der Waals surface area contributed by atoms with E-state index >= 15 is 0 Å². The van der Waals surface area contributed by atoms with Gasteiger partial charge in [0.2, 0.25) is 11.8 Å². The summed E-state index contributed by atoms with van der Waals surface area (Å²) in [6, 6.07) is 2.15. The Labute approximate surface area is 128 Å². The highest BCUT2D eigenvalue weighted by molar-refractivity contribution is 7.18. The summed E-state index contributed by atoms with van der Waals surface area (Å²) in [7, 11) is 0. The van der Waals surface area contributed by atoms with E-state index in [9.17, 15) is 0 Å². The van der Waals surface area contributed by atoms with Crippen molar-refractivity contribution in [3.63, 3.8) is 0 Å². The normalized spacial score (nSPS) is 18.3. The molecule has 0 spiro atoms. The second-order valence-electron chi connectivity index (χ2n) is 5.21. The molecule has 3 rings (SSSR count). The highest BCUT2D eigenvalue weighted by atomic mass is 32.1. The first-order valence-electron chi connectivity index (χ1n) is 7.55. The summed E-state index contributed by atoms with van der Waals surface area (Å²) in [5.41, 5.74) is 0. The van der Waals surface area contributed by atoms with E-state index in [1.807, 2.05) is 6.92 Å². The largest absolute Gasteiger partial charge is 0.477 e. The fourth-order valence-corrected chi connectivity index (χ4v) is 3.34. The number of ether oxygens (including phenoxy) is 2. The van der Waals surface area contributed by atoms with Gasteiger partial charge < -0.3 is 14.8 Å². The third-order valence-corrected chi connectivity index (χ3v) is 4.75. The van der Waals surface area contributed by atoms with Crippen molar-refractivity contribution >= 4 is 27.5 Å². The number of aromatic nitrogens is 2. The average Bonchev–Trinajstić information content (AvgIpc) is 3.14. The molecule has 21 heavy (non-hydrogen) atoms. The molecule has 1 N–H and O–H groups in total. The van der Waals surface area contributed by atoms with Crippen molar-refractivity contribution in [1.82, 2.24) is 9.97 Å². The second-order valence-corrected chi connectivity index (χ2v) is 6.32. The number of nitrogens with zero attached hydrogens (tertiary/aromatic N) is 2. The number of nitrogens with one attached hydrogen (secondary N) is 1. The summed E-state index contributed by atoms with van der Waals surface area (Å²) >= 11 is 1.71. The van der Waals surface area contributed by atoms with Crippen LogP contribution in [0, 0.1) is 5.92 Å². The number of fused-ring (bicyclic) bond motifs is 1. The third kappa shape index (κ3) is 3.27. The maximum absolute atomic E-state index is 5.98. The van der Waals surface area contributed by atoms with Gasteiger partial charge in [-0.05, 0) is 25.8 Å². The number of thiophene rings is 1. The molecule has 1 fully saturated rings. The van der Waals surface area contributed by atoms with Crippen LogP contribution in [-0.2, 0) is 11.2 Å². The lowest BCUT2D eigenvalue weighted by atomic mass is 10.1. The minimum atomic E-state index is 0.474. The van der Waals surface area contributed by atoms with Gasteiger partial charge in [0, 0.05) is 23.9 Å². The van der Waals surface area contributed by atoms with Crippen LogP contribution in [-0.4, -0.2) is 36.3 Å². The lowest BCUT2D eigenvalue weighted by Gasteiger charge is -2.11. The van der Waals surface area contributed by atoms with Crippen LogP contribution in [0.5, 0.6) is 5.88 Å². The molecule has 1 aliphatic rings. The zero-order valence-electron chi connectivity index (χ0n) is 12.5. The minimum Gasteiger partial charge on any atom is -0.477 e. The van der Waals surface area contributed by atoms with E-state index in [-0.39, 0.29) is 0 Å². The van der Waals surface area contributed by atoms with E-state index in [2.05, 4.69) is 28.3 Å². The Hall–Kier alpha value is -1.40. The van der Waals surface area contributed by atoms with Crippen molar-refractivity contribution in [2.45, 2.75) is 26.7 Å². The van der Waals surface area contributed by atoms with E-state index in [4.69, 9.17) is 9.47 Å². The minimum absolute atomic E-state index is 0.474. The molecule has 1 unspecified atom stereocenters. The van der Waals surface area contributed by atoms with Gasteiger partial charge in [-0.1, -0.05) is 6.92 Å². The molecule has 0 aliphatic carbocycles. The lowest BCUT2D eigenvalue weighted by molar-refractivity contribution is 0.166. The molecule has 6 heteroatoms. The van der Waals surface area contributed by atoms with E-state index in [1.165, 1.54) is 4.88 Å². The molecule has 1 aliphatic heterocycles. The van der Waals surface area contributed by atoms with Crippen molar-refractivity contribution < 1.29 is 9.47 Å². The maximum atomic E-state index is 5.98. The van der Waals surface area contributed by atoms with E-state index in [1.54, 1.807) is 11.3 Å². The first-order valence-corrected chi connectivity index (χ1v) is 8.36.